The number of rotatable bonds is 2. The molecule has 0 atom stereocenters. The molecule has 0 saturated carbocycles. The minimum absolute atomic E-state index is 0.0308. The molecule has 4 nitrogen and oxygen atoms in total. The molecule has 6 heteroatoms. The number of ether oxygens (including phenoxy) is 2. The van der Waals surface area contributed by atoms with Gasteiger partial charge in [-0.2, -0.15) is 0 Å². The van der Waals surface area contributed by atoms with Crippen LogP contribution in [-0.2, 0) is 6.54 Å². The Kier molecular flexibility index (Phi) is 3.63. The van der Waals surface area contributed by atoms with Gasteiger partial charge < -0.3 is 14.7 Å². The summed E-state index contributed by atoms with van der Waals surface area (Å²) < 4.78 is 24.9. The van der Waals surface area contributed by atoms with Crippen LogP contribution < -0.4 is 15.0 Å². The topological polar surface area (TPSA) is 50.7 Å². The first kappa shape index (κ1) is 11.6. The lowest BCUT2D eigenvalue weighted by Crippen LogP contribution is -2.11. The zero-order chi connectivity index (χ0) is 11.5. The summed E-state index contributed by atoms with van der Waals surface area (Å²) in [5, 5.41) is 8.68. The molecule has 16 heavy (non-hydrogen) atoms. The van der Waals surface area contributed by atoms with E-state index in [1.165, 1.54) is 6.07 Å². The molecule has 2 N–H and O–H groups in total. The molecule has 1 heterocycles. The van der Waals surface area contributed by atoms with Crippen LogP contribution in [0.4, 0.5) is 4.39 Å². The van der Waals surface area contributed by atoms with E-state index in [1.54, 1.807) is 0 Å². The number of fused-ring (bicyclic) bond motifs is 1. The molecule has 1 aromatic carbocycles. The number of hydrogen-bond acceptors (Lipinski definition) is 4. The maximum absolute atomic E-state index is 13.8. The van der Waals surface area contributed by atoms with Gasteiger partial charge >= 0.3 is 0 Å². The molecule has 1 aliphatic rings. The Morgan fingerprint density at radius 1 is 1.44 bits per heavy atom. The molecule has 0 saturated heterocycles. The Labute approximate surface area is 100 Å². The lowest BCUT2D eigenvalue weighted by atomic mass is 10.1. The number of hydroxylamine groups is 1. The van der Waals surface area contributed by atoms with Crippen LogP contribution in [-0.4, -0.2) is 18.4 Å². The lowest BCUT2D eigenvalue weighted by Gasteiger charge is -2.14. The van der Waals surface area contributed by atoms with Gasteiger partial charge in [0, 0.05) is 12.5 Å². The maximum atomic E-state index is 13.8. The molecule has 1 aliphatic heterocycles. The second-order valence-corrected chi connectivity index (χ2v) is 4.22. The van der Waals surface area contributed by atoms with Gasteiger partial charge in [-0.1, -0.05) is 0 Å². The normalized spacial score (nSPS) is 14.7. The van der Waals surface area contributed by atoms with Crippen molar-refractivity contribution in [2.24, 2.45) is 0 Å². The van der Waals surface area contributed by atoms with Crippen LogP contribution in [0.5, 0.6) is 11.5 Å². The van der Waals surface area contributed by atoms with E-state index >= 15 is 0 Å². The second kappa shape index (κ2) is 4.99. The van der Waals surface area contributed by atoms with Crippen LogP contribution in [0.25, 0.3) is 0 Å². The Morgan fingerprint density at radius 3 is 2.94 bits per heavy atom. The summed E-state index contributed by atoms with van der Waals surface area (Å²) in [6.45, 7) is 0.987. The molecule has 0 spiro atoms. The quantitative estimate of drug-likeness (QED) is 0.821. The summed E-state index contributed by atoms with van der Waals surface area (Å²) in [5.74, 6) is 0.404. The zero-order valence-corrected chi connectivity index (χ0v) is 10.0. The molecule has 88 valence electrons. The van der Waals surface area contributed by atoms with Crippen molar-refractivity contribution in [1.82, 2.24) is 5.48 Å². The summed E-state index contributed by atoms with van der Waals surface area (Å²) >= 11 is 3.10. The zero-order valence-electron chi connectivity index (χ0n) is 8.43. The minimum Gasteiger partial charge on any atom is -0.490 e. The van der Waals surface area contributed by atoms with Crippen molar-refractivity contribution < 1.29 is 19.1 Å². The summed E-state index contributed by atoms with van der Waals surface area (Å²) in [6, 6.07) is 1.54. The van der Waals surface area contributed by atoms with Crippen LogP contribution >= 0.6 is 15.9 Å². The Bertz CT molecular complexity index is 400. The van der Waals surface area contributed by atoms with Gasteiger partial charge in [0.15, 0.2) is 11.5 Å². The molecule has 0 aromatic heterocycles. The van der Waals surface area contributed by atoms with Gasteiger partial charge in [-0.25, -0.2) is 9.87 Å². The standard InChI is InChI=1S/C10H11BrFNO3/c11-7-4-8-10(16-3-1-2-15-8)6(5-13-14)9(7)12/h4,13-14H,1-3,5H2. The summed E-state index contributed by atoms with van der Waals surface area (Å²) in [4.78, 5) is 0. The number of benzene rings is 1. The summed E-state index contributed by atoms with van der Waals surface area (Å²) in [7, 11) is 0. The molecular weight excluding hydrogens is 281 g/mol. The fourth-order valence-corrected chi connectivity index (χ4v) is 2.00. The number of nitrogens with one attached hydrogen (secondary N) is 1. The van der Waals surface area contributed by atoms with Crippen LogP contribution in [0.2, 0.25) is 0 Å². The summed E-state index contributed by atoms with van der Waals surface area (Å²) in [5.41, 5.74) is 2.18. The first-order valence-corrected chi connectivity index (χ1v) is 5.66. The second-order valence-electron chi connectivity index (χ2n) is 3.36. The van der Waals surface area contributed by atoms with Crippen molar-refractivity contribution in [3.05, 3.63) is 21.9 Å². The predicted octanol–water partition coefficient (Wildman–Crippen LogP) is 2.23. The van der Waals surface area contributed by atoms with E-state index in [0.29, 0.717) is 29.2 Å². The fourth-order valence-electron chi connectivity index (χ4n) is 1.55. The Morgan fingerprint density at radius 2 is 2.19 bits per heavy atom. The van der Waals surface area contributed by atoms with E-state index in [1.807, 2.05) is 5.48 Å². The van der Waals surface area contributed by atoms with Gasteiger partial charge in [-0.05, 0) is 15.9 Å². The van der Waals surface area contributed by atoms with Gasteiger partial charge in [-0.3, -0.25) is 0 Å². The van der Waals surface area contributed by atoms with E-state index in [-0.39, 0.29) is 12.1 Å². The third kappa shape index (κ3) is 2.14. The summed E-state index contributed by atoms with van der Waals surface area (Å²) in [6.07, 6.45) is 0.750. The highest BCUT2D eigenvalue weighted by Gasteiger charge is 2.21. The number of halogens is 2. The molecule has 0 aliphatic carbocycles. The van der Waals surface area contributed by atoms with E-state index < -0.39 is 5.82 Å². The molecule has 2 rings (SSSR count). The van der Waals surface area contributed by atoms with Gasteiger partial charge in [0.25, 0.3) is 0 Å². The first-order valence-electron chi connectivity index (χ1n) is 4.87. The fraction of sp³-hybridized carbons (Fsp3) is 0.400. The smallest absolute Gasteiger partial charge is 0.168 e. The van der Waals surface area contributed by atoms with Crippen LogP contribution in [0.3, 0.4) is 0 Å². The van der Waals surface area contributed by atoms with Crippen molar-refractivity contribution in [2.75, 3.05) is 13.2 Å². The van der Waals surface area contributed by atoms with Crippen molar-refractivity contribution in [2.45, 2.75) is 13.0 Å². The number of hydrogen-bond donors (Lipinski definition) is 2. The van der Waals surface area contributed by atoms with E-state index in [0.717, 1.165) is 6.42 Å². The van der Waals surface area contributed by atoms with Gasteiger partial charge in [0.1, 0.15) is 5.82 Å². The highest BCUT2D eigenvalue weighted by molar-refractivity contribution is 9.10. The van der Waals surface area contributed by atoms with Gasteiger partial charge in [-0.15, -0.1) is 0 Å². The molecule has 0 radical (unpaired) electrons. The van der Waals surface area contributed by atoms with Gasteiger partial charge in [0.2, 0.25) is 0 Å². The van der Waals surface area contributed by atoms with Crippen LogP contribution in [0, 0.1) is 5.82 Å². The molecule has 0 bridgehead atoms. The monoisotopic (exact) mass is 291 g/mol. The van der Waals surface area contributed by atoms with Crippen LogP contribution in [0.1, 0.15) is 12.0 Å². The lowest BCUT2D eigenvalue weighted by molar-refractivity contribution is 0.158. The Balaban J connectivity index is 2.51. The molecular formula is C10H11BrFNO3. The molecule has 1 aromatic rings. The van der Waals surface area contributed by atoms with Gasteiger partial charge in [0.05, 0.1) is 29.8 Å². The van der Waals surface area contributed by atoms with Crippen molar-refractivity contribution >= 4 is 15.9 Å². The SMILES string of the molecule is ONCc1c(F)c(Br)cc2c1OCCCO2. The third-order valence-corrected chi connectivity index (χ3v) is 2.86. The predicted molar refractivity (Wildman–Crippen MR) is 58.3 cm³/mol. The highest BCUT2D eigenvalue weighted by atomic mass is 79.9. The molecule has 0 amide bonds. The van der Waals surface area contributed by atoms with E-state index in [9.17, 15) is 4.39 Å². The molecule has 0 unspecified atom stereocenters. The highest BCUT2D eigenvalue weighted by Crippen LogP contribution is 2.38. The van der Waals surface area contributed by atoms with Crippen molar-refractivity contribution in [1.29, 1.82) is 0 Å². The van der Waals surface area contributed by atoms with Crippen molar-refractivity contribution in [3.8, 4) is 11.5 Å². The average molecular weight is 292 g/mol. The van der Waals surface area contributed by atoms with Crippen molar-refractivity contribution in [3.63, 3.8) is 0 Å². The minimum atomic E-state index is -0.453. The maximum Gasteiger partial charge on any atom is 0.168 e. The van der Waals surface area contributed by atoms with Crippen LogP contribution in [0.15, 0.2) is 10.5 Å². The third-order valence-electron chi connectivity index (χ3n) is 2.28. The molecule has 0 fully saturated rings. The first-order chi connectivity index (χ1) is 7.74. The van der Waals surface area contributed by atoms with E-state index in [4.69, 9.17) is 14.7 Å². The van der Waals surface area contributed by atoms with E-state index in [2.05, 4.69) is 15.9 Å². The average Bonchev–Trinajstić information content (AvgIpc) is 2.50. The Hall–Kier alpha value is -0.850. The largest absolute Gasteiger partial charge is 0.490 e.